The highest BCUT2D eigenvalue weighted by atomic mass is 16.5. The predicted octanol–water partition coefficient (Wildman–Crippen LogP) is 2.34. The van der Waals surface area contributed by atoms with Crippen molar-refractivity contribution < 1.29 is 14.3 Å². The van der Waals surface area contributed by atoms with Crippen LogP contribution in [0.1, 0.15) is 43.5 Å². The van der Waals surface area contributed by atoms with Gasteiger partial charge in [-0.25, -0.2) is 9.78 Å². The van der Waals surface area contributed by atoms with Gasteiger partial charge < -0.3 is 14.5 Å². The number of pyridine rings is 1. The lowest BCUT2D eigenvalue weighted by Crippen LogP contribution is -2.47. The molecule has 1 aromatic heterocycles. The van der Waals surface area contributed by atoms with Crippen molar-refractivity contribution in [2.75, 3.05) is 31.6 Å². The van der Waals surface area contributed by atoms with E-state index >= 15 is 0 Å². The zero-order valence-corrected chi connectivity index (χ0v) is 15.3. The Bertz CT molecular complexity index is 643. The Hall–Kier alpha value is -2.11. The molecular formula is C19H27N3O3. The van der Waals surface area contributed by atoms with Gasteiger partial charge in [-0.2, -0.15) is 0 Å². The van der Waals surface area contributed by atoms with Gasteiger partial charge in [-0.1, -0.05) is 13.8 Å². The van der Waals surface area contributed by atoms with Gasteiger partial charge in [-0.05, 0) is 36.8 Å². The molecule has 25 heavy (non-hydrogen) atoms. The van der Waals surface area contributed by atoms with Crippen LogP contribution >= 0.6 is 0 Å². The van der Waals surface area contributed by atoms with E-state index in [4.69, 9.17) is 4.74 Å². The van der Waals surface area contributed by atoms with E-state index in [0.717, 1.165) is 6.54 Å². The molecule has 2 heterocycles. The molecule has 136 valence electrons. The first kappa shape index (κ1) is 17.7. The fourth-order valence-corrected chi connectivity index (χ4v) is 3.47. The largest absolute Gasteiger partial charge is 0.465 e. The van der Waals surface area contributed by atoms with Crippen molar-refractivity contribution in [1.29, 1.82) is 0 Å². The molecule has 6 heteroatoms. The number of carbonyl (C=O) groups is 2. The maximum atomic E-state index is 12.7. The fraction of sp³-hybridized carbons (Fsp3) is 0.632. The minimum Gasteiger partial charge on any atom is -0.465 e. The highest BCUT2D eigenvalue weighted by molar-refractivity contribution is 5.94. The van der Waals surface area contributed by atoms with Crippen LogP contribution in [0.15, 0.2) is 18.3 Å². The Morgan fingerprint density at radius 2 is 2.16 bits per heavy atom. The Labute approximate surface area is 149 Å². The SMILES string of the molecule is COC(=O)c1cccnc1N1CCC(=O)N(CC2CC2)[C@H](C(C)C)C1. The average Bonchev–Trinajstić information content (AvgIpc) is 3.44. The summed E-state index contributed by atoms with van der Waals surface area (Å²) < 4.78 is 4.89. The van der Waals surface area contributed by atoms with Crippen molar-refractivity contribution in [3.63, 3.8) is 0 Å². The summed E-state index contributed by atoms with van der Waals surface area (Å²) in [6, 6.07) is 3.59. The van der Waals surface area contributed by atoms with Crippen LogP contribution in [0, 0.1) is 11.8 Å². The number of carbonyl (C=O) groups excluding carboxylic acids is 2. The molecule has 1 aliphatic heterocycles. The van der Waals surface area contributed by atoms with Gasteiger partial charge in [0.1, 0.15) is 11.4 Å². The van der Waals surface area contributed by atoms with Gasteiger partial charge in [0.25, 0.3) is 0 Å². The maximum absolute atomic E-state index is 12.7. The third kappa shape index (κ3) is 3.94. The Morgan fingerprint density at radius 3 is 2.80 bits per heavy atom. The lowest BCUT2D eigenvalue weighted by molar-refractivity contribution is -0.133. The van der Waals surface area contributed by atoms with Crippen LogP contribution in [-0.2, 0) is 9.53 Å². The number of ether oxygens (including phenoxy) is 1. The summed E-state index contributed by atoms with van der Waals surface area (Å²) in [5.41, 5.74) is 0.454. The smallest absolute Gasteiger partial charge is 0.341 e. The van der Waals surface area contributed by atoms with E-state index in [1.807, 2.05) is 0 Å². The van der Waals surface area contributed by atoms with Crippen LogP contribution in [0.2, 0.25) is 0 Å². The molecule has 2 fully saturated rings. The number of aromatic nitrogens is 1. The lowest BCUT2D eigenvalue weighted by Gasteiger charge is -2.35. The van der Waals surface area contributed by atoms with E-state index in [2.05, 4.69) is 28.6 Å². The van der Waals surface area contributed by atoms with Gasteiger partial charge in [-0.3, -0.25) is 4.79 Å². The van der Waals surface area contributed by atoms with Crippen LogP contribution in [0.4, 0.5) is 5.82 Å². The summed E-state index contributed by atoms with van der Waals surface area (Å²) in [5, 5.41) is 0. The van der Waals surface area contributed by atoms with Gasteiger partial charge in [0.15, 0.2) is 0 Å². The zero-order valence-electron chi connectivity index (χ0n) is 15.3. The molecule has 1 amide bonds. The molecule has 6 nitrogen and oxygen atoms in total. The van der Waals surface area contributed by atoms with Crippen LogP contribution in [0.5, 0.6) is 0 Å². The summed E-state index contributed by atoms with van der Waals surface area (Å²) in [6.45, 7) is 6.44. The van der Waals surface area contributed by atoms with E-state index < -0.39 is 5.97 Å². The number of esters is 1. The first-order chi connectivity index (χ1) is 12.0. The van der Waals surface area contributed by atoms with E-state index in [0.29, 0.717) is 42.7 Å². The molecular weight excluding hydrogens is 318 g/mol. The van der Waals surface area contributed by atoms with Gasteiger partial charge in [0.05, 0.1) is 13.2 Å². The Morgan fingerprint density at radius 1 is 1.40 bits per heavy atom. The third-order valence-corrected chi connectivity index (χ3v) is 5.14. The Balaban J connectivity index is 1.88. The quantitative estimate of drug-likeness (QED) is 0.767. The molecule has 1 atom stereocenters. The van der Waals surface area contributed by atoms with E-state index in [1.54, 1.807) is 18.3 Å². The van der Waals surface area contributed by atoms with Gasteiger partial charge in [-0.15, -0.1) is 0 Å². The number of hydrogen-bond acceptors (Lipinski definition) is 5. The molecule has 0 N–H and O–H groups in total. The normalized spacial score (nSPS) is 21.4. The molecule has 0 radical (unpaired) electrons. The molecule has 1 saturated heterocycles. The molecule has 0 spiro atoms. The highest BCUT2D eigenvalue weighted by Crippen LogP contribution is 2.33. The first-order valence-electron chi connectivity index (χ1n) is 9.09. The topological polar surface area (TPSA) is 62.7 Å². The second-order valence-corrected chi connectivity index (χ2v) is 7.36. The van der Waals surface area contributed by atoms with Gasteiger partial charge in [0.2, 0.25) is 5.91 Å². The van der Waals surface area contributed by atoms with Crippen LogP contribution < -0.4 is 4.90 Å². The predicted molar refractivity (Wildman–Crippen MR) is 95.5 cm³/mol. The standard InChI is InChI=1S/C19H27N3O3/c1-13(2)16-12-21(10-8-17(23)22(16)11-14-6-7-14)18-15(19(24)25-3)5-4-9-20-18/h4-5,9,13-14,16H,6-8,10-12H2,1-3H3/t16-/m0/s1. The van der Waals surface area contributed by atoms with Crippen LogP contribution in [0.3, 0.4) is 0 Å². The number of hydrogen-bond donors (Lipinski definition) is 0. The van der Waals surface area contributed by atoms with Crippen LogP contribution in [0.25, 0.3) is 0 Å². The number of methoxy groups -OCH3 is 1. The number of rotatable bonds is 5. The van der Waals surface area contributed by atoms with E-state index in [-0.39, 0.29) is 11.9 Å². The zero-order chi connectivity index (χ0) is 18.0. The average molecular weight is 345 g/mol. The maximum Gasteiger partial charge on any atom is 0.341 e. The first-order valence-corrected chi connectivity index (χ1v) is 9.09. The molecule has 1 aliphatic carbocycles. The van der Waals surface area contributed by atoms with Crippen LogP contribution in [-0.4, -0.2) is 54.5 Å². The molecule has 0 unspecified atom stereocenters. The van der Waals surface area contributed by atoms with Crippen molar-refractivity contribution in [2.45, 2.75) is 39.2 Å². The second-order valence-electron chi connectivity index (χ2n) is 7.36. The molecule has 0 aromatic carbocycles. The summed E-state index contributed by atoms with van der Waals surface area (Å²) in [4.78, 5) is 33.4. The lowest BCUT2D eigenvalue weighted by atomic mass is 10.0. The van der Waals surface area contributed by atoms with E-state index in [1.165, 1.54) is 20.0 Å². The molecule has 1 saturated carbocycles. The van der Waals surface area contributed by atoms with Crippen molar-refractivity contribution in [3.8, 4) is 0 Å². The van der Waals surface area contributed by atoms with Crippen molar-refractivity contribution in [3.05, 3.63) is 23.9 Å². The Kier molecular flexibility index (Phi) is 5.25. The molecule has 3 rings (SSSR count). The van der Waals surface area contributed by atoms with Crippen molar-refractivity contribution in [2.24, 2.45) is 11.8 Å². The number of amides is 1. The third-order valence-electron chi connectivity index (χ3n) is 5.14. The fourth-order valence-electron chi connectivity index (χ4n) is 3.47. The summed E-state index contributed by atoms with van der Waals surface area (Å²) in [6.07, 6.45) is 4.59. The summed E-state index contributed by atoms with van der Waals surface area (Å²) in [7, 11) is 1.37. The van der Waals surface area contributed by atoms with Crippen molar-refractivity contribution >= 4 is 17.7 Å². The second kappa shape index (κ2) is 7.42. The minimum atomic E-state index is -0.394. The summed E-state index contributed by atoms with van der Waals surface area (Å²) >= 11 is 0. The van der Waals surface area contributed by atoms with Gasteiger partial charge >= 0.3 is 5.97 Å². The number of nitrogens with zero attached hydrogens (tertiary/aromatic N) is 3. The number of anilines is 1. The molecule has 1 aromatic rings. The van der Waals surface area contributed by atoms with Crippen molar-refractivity contribution in [1.82, 2.24) is 9.88 Å². The minimum absolute atomic E-state index is 0.128. The summed E-state index contributed by atoms with van der Waals surface area (Å²) in [5.74, 6) is 1.44. The monoisotopic (exact) mass is 345 g/mol. The van der Waals surface area contributed by atoms with Gasteiger partial charge in [0, 0.05) is 32.3 Å². The van der Waals surface area contributed by atoms with E-state index in [9.17, 15) is 9.59 Å². The highest BCUT2D eigenvalue weighted by Gasteiger charge is 2.36. The molecule has 2 aliphatic rings. The molecule has 0 bridgehead atoms.